The van der Waals surface area contributed by atoms with Crippen molar-refractivity contribution in [1.29, 1.82) is 0 Å². The maximum Gasteiger partial charge on any atom is 0.329 e. The largest absolute Gasteiger partial charge is 0.454 e. The topological polar surface area (TPSA) is 75.7 Å². The predicted molar refractivity (Wildman–Crippen MR) is 108 cm³/mol. The Kier molecular flexibility index (Phi) is 7.61. The molecular weight excluding hydrogens is 356 g/mol. The summed E-state index contributed by atoms with van der Waals surface area (Å²) >= 11 is 0. The molecule has 2 rings (SSSR count). The van der Waals surface area contributed by atoms with E-state index in [1.807, 2.05) is 51.7 Å². The predicted octanol–water partition coefficient (Wildman–Crippen LogP) is 3.08. The lowest BCUT2D eigenvalue weighted by molar-refractivity contribution is -0.157. The number of likely N-dealkylation sites (tertiary alicyclic amines) is 1. The molecule has 28 heavy (non-hydrogen) atoms. The van der Waals surface area contributed by atoms with Gasteiger partial charge in [0.1, 0.15) is 6.04 Å². The van der Waals surface area contributed by atoms with Crippen LogP contribution >= 0.6 is 0 Å². The Morgan fingerprint density at radius 3 is 2.21 bits per heavy atom. The first kappa shape index (κ1) is 21.9. The highest BCUT2D eigenvalue weighted by Gasteiger charge is 2.31. The van der Waals surface area contributed by atoms with Crippen molar-refractivity contribution in [3.05, 3.63) is 35.4 Å². The number of nitrogens with zero attached hydrogens (tertiary/aromatic N) is 1. The number of esters is 1. The monoisotopic (exact) mass is 388 g/mol. The van der Waals surface area contributed by atoms with Crippen LogP contribution in [0, 0.1) is 12.8 Å². The van der Waals surface area contributed by atoms with Crippen molar-refractivity contribution in [2.45, 2.75) is 72.0 Å². The smallest absolute Gasteiger partial charge is 0.329 e. The number of carbonyl (C=O) groups excluding carboxylic acids is 3. The summed E-state index contributed by atoms with van der Waals surface area (Å²) < 4.78 is 5.29. The number of carbonyl (C=O) groups is 3. The van der Waals surface area contributed by atoms with E-state index in [9.17, 15) is 14.4 Å². The average Bonchev–Trinajstić information content (AvgIpc) is 2.64. The summed E-state index contributed by atoms with van der Waals surface area (Å²) in [6, 6.07) is 6.62. The fourth-order valence-electron chi connectivity index (χ4n) is 3.64. The van der Waals surface area contributed by atoms with E-state index in [0.29, 0.717) is 5.56 Å². The average molecular weight is 389 g/mol. The van der Waals surface area contributed by atoms with Gasteiger partial charge in [0.2, 0.25) is 0 Å². The minimum Gasteiger partial charge on any atom is -0.454 e. The third-order valence-corrected chi connectivity index (χ3v) is 5.34. The number of piperidine rings is 1. The molecule has 2 amide bonds. The molecule has 1 N–H and O–H groups in total. The summed E-state index contributed by atoms with van der Waals surface area (Å²) in [6.07, 6.45) is 3.03. The quantitative estimate of drug-likeness (QED) is 0.760. The molecule has 1 heterocycles. The van der Waals surface area contributed by atoms with Crippen molar-refractivity contribution in [2.24, 2.45) is 5.92 Å². The summed E-state index contributed by atoms with van der Waals surface area (Å²) in [5, 5.41) is 2.73. The zero-order chi connectivity index (χ0) is 20.8. The highest BCUT2D eigenvalue weighted by atomic mass is 16.5. The number of rotatable bonds is 6. The van der Waals surface area contributed by atoms with Crippen LogP contribution in [0.1, 0.15) is 62.9 Å². The van der Waals surface area contributed by atoms with Crippen LogP contribution < -0.4 is 5.32 Å². The van der Waals surface area contributed by atoms with Gasteiger partial charge in [-0.15, -0.1) is 0 Å². The van der Waals surface area contributed by atoms with E-state index in [4.69, 9.17) is 4.74 Å². The third-order valence-electron chi connectivity index (χ3n) is 5.34. The summed E-state index contributed by atoms with van der Waals surface area (Å²) in [7, 11) is 0. The summed E-state index contributed by atoms with van der Waals surface area (Å²) in [4.78, 5) is 39.4. The zero-order valence-electron chi connectivity index (χ0n) is 17.5. The van der Waals surface area contributed by atoms with Crippen LogP contribution in [0.3, 0.4) is 0 Å². The Morgan fingerprint density at radius 1 is 1.11 bits per heavy atom. The standard InChI is InChI=1S/C22H32N2O4/c1-14(2)20(23-21(26)18-11-9-15(3)10-12-18)22(27)28-13-19(25)24-16(4)7-6-8-17(24)5/h9-12,14,16-17,20H,6-8,13H2,1-5H3,(H,23,26)/t16?,17?,20-/m0/s1. The summed E-state index contributed by atoms with van der Waals surface area (Å²) in [5.74, 6) is -1.26. The molecule has 1 aromatic carbocycles. The number of hydrogen-bond acceptors (Lipinski definition) is 4. The lowest BCUT2D eigenvalue weighted by Gasteiger charge is -2.39. The Labute approximate surface area is 167 Å². The molecule has 6 nitrogen and oxygen atoms in total. The van der Waals surface area contributed by atoms with Crippen LogP contribution in [0.15, 0.2) is 24.3 Å². The maximum atomic E-state index is 12.6. The Hall–Kier alpha value is -2.37. The lowest BCUT2D eigenvalue weighted by Crippen LogP contribution is -2.50. The molecule has 0 bridgehead atoms. The van der Waals surface area contributed by atoms with Crippen molar-refractivity contribution in [2.75, 3.05) is 6.61 Å². The number of nitrogens with one attached hydrogen (secondary N) is 1. The van der Waals surface area contributed by atoms with Crippen LogP contribution in [0.2, 0.25) is 0 Å². The second-order valence-electron chi connectivity index (χ2n) is 8.10. The number of amides is 2. The molecule has 1 aromatic rings. The van der Waals surface area contributed by atoms with Gasteiger partial charge in [-0.05, 0) is 58.1 Å². The van der Waals surface area contributed by atoms with Crippen molar-refractivity contribution in [1.82, 2.24) is 10.2 Å². The fourth-order valence-corrected chi connectivity index (χ4v) is 3.64. The van der Waals surface area contributed by atoms with Gasteiger partial charge in [0.25, 0.3) is 11.8 Å². The molecule has 0 aromatic heterocycles. The van der Waals surface area contributed by atoms with E-state index >= 15 is 0 Å². The van der Waals surface area contributed by atoms with Gasteiger partial charge in [-0.1, -0.05) is 31.5 Å². The Morgan fingerprint density at radius 2 is 1.68 bits per heavy atom. The molecule has 1 fully saturated rings. The van der Waals surface area contributed by atoms with Gasteiger partial charge in [-0.2, -0.15) is 0 Å². The summed E-state index contributed by atoms with van der Waals surface area (Å²) in [6.45, 7) is 9.35. The first-order valence-electron chi connectivity index (χ1n) is 10.1. The molecule has 0 saturated carbocycles. The second-order valence-corrected chi connectivity index (χ2v) is 8.10. The zero-order valence-corrected chi connectivity index (χ0v) is 17.5. The number of hydrogen-bond donors (Lipinski definition) is 1. The maximum absolute atomic E-state index is 12.6. The number of ether oxygens (including phenoxy) is 1. The van der Waals surface area contributed by atoms with Crippen LogP contribution in [-0.2, 0) is 14.3 Å². The van der Waals surface area contributed by atoms with Crippen LogP contribution in [0.25, 0.3) is 0 Å². The van der Waals surface area contributed by atoms with Crippen molar-refractivity contribution in [3.8, 4) is 0 Å². The lowest BCUT2D eigenvalue weighted by atomic mass is 9.97. The molecule has 1 aliphatic rings. The van der Waals surface area contributed by atoms with Crippen LogP contribution in [0.5, 0.6) is 0 Å². The van der Waals surface area contributed by atoms with Gasteiger partial charge in [0.15, 0.2) is 6.61 Å². The SMILES string of the molecule is Cc1ccc(C(=O)N[C@H](C(=O)OCC(=O)N2C(C)CCCC2C)C(C)C)cc1. The molecule has 1 aliphatic heterocycles. The Bertz CT molecular complexity index is 689. The molecule has 6 heteroatoms. The van der Waals surface area contributed by atoms with E-state index < -0.39 is 12.0 Å². The highest BCUT2D eigenvalue weighted by Crippen LogP contribution is 2.22. The number of aryl methyl sites for hydroxylation is 1. The molecule has 1 saturated heterocycles. The van der Waals surface area contributed by atoms with E-state index in [2.05, 4.69) is 5.32 Å². The second kappa shape index (κ2) is 9.71. The molecule has 154 valence electrons. The van der Waals surface area contributed by atoms with E-state index in [0.717, 1.165) is 24.8 Å². The molecule has 0 radical (unpaired) electrons. The molecule has 0 aliphatic carbocycles. The van der Waals surface area contributed by atoms with E-state index in [1.165, 1.54) is 0 Å². The van der Waals surface area contributed by atoms with Crippen LogP contribution in [0.4, 0.5) is 0 Å². The van der Waals surface area contributed by atoms with Gasteiger partial charge in [0.05, 0.1) is 0 Å². The fraction of sp³-hybridized carbons (Fsp3) is 0.591. The van der Waals surface area contributed by atoms with Gasteiger partial charge in [0, 0.05) is 17.6 Å². The van der Waals surface area contributed by atoms with Gasteiger partial charge >= 0.3 is 5.97 Å². The number of benzene rings is 1. The van der Waals surface area contributed by atoms with Gasteiger partial charge in [-0.3, -0.25) is 9.59 Å². The Balaban J connectivity index is 1.96. The first-order valence-corrected chi connectivity index (χ1v) is 10.1. The molecule has 0 spiro atoms. The van der Waals surface area contributed by atoms with Crippen molar-refractivity contribution < 1.29 is 19.1 Å². The first-order chi connectivity index (χ1) is 13.2. The van der Waals surface area contributed by atoms with Gasteiger partial charge < -0.3 is 15.0 Å². The minimum atomic E-state index is -0.808. The molecule has 2 unspecified atom stereocenters. The van der Waals surface area contributed by atoms with E-state index in [1.54, 1.807) is 12.1 Å². The van der Waals surface area contributed by atoms with Gasteiger partial charge in [-0.25, -0.2) is 4.79 Å². The van der Waals surface area contributed by atoms with Crippen molar-refractivity contribution in [3.63, 3.8) is 0 Å². The van der Waals surface area contributed by atoms with E-state index in [-0.39, 0.29) is 36.4 Å². The van der Waals surface area contributed by atoms with Crippen LogP contribution in [-0.4, -0.2) is 47.4 Å². The highest BCUT2D eigenvalue weighted by molar-refractivity contribution is 5.97. The minimum absolute atomic E-state index is 0.150. The molecular formula is C22H32N2O4. The normalized spacial score (nSPS) is 20.6. The van der Waals surface area contributed by atoms with Crippen molar-refractivity contribution >= 4 is 17.8 Å². The molecule has 3 atom stereocenters. The summed E-state index contributed by atoms with van der Waals surface area (Å²) in [5.41, 5.74) is 1.53. The third kappa shape index (κ3) is 5.57.